The summed E-state index contributed by atoms with van der Waals surface area (Å²) in [6.45, 7) is 7.48. The maximum absolute atomic E-state index is 13.5. The number of anilines is 1. The third kappa shape index (κ3) is 4.58. The summed E-state index contributed by atoms with van der Waals surface area (Å²) in [6, 6.07) is 12.3. The van der Waals surface area contributed by atoms with Crippen LogP contribution in [0.3, 0.4) is 0 Å². The minimum Gasteiger partial charge on any atom is -0.324 e. The van der Waals surface area contributed by atoms with E-state index in [1.807, 2.05) is 13.8 Å². The highest BCUT2D eigenvalue weighted by atomic mass is 16.2. The molecule has 3 aromatic rings. The molecule has 0 aliphatic heterocycles. The van der Waals surface area contributed by atoms with E-state index in [0.29, 0.717) is 24.1 Å². The summed E-state index contributed by atoms with van der Waals surface area (Å²) in [6.07, 6.45) is 3.95. The molecule has 0 radical (unpaired) electrons. The second-order valence-corrected chi connectivity index (χ2v) is 9.13. The molecule has 0 saturated carbocycles. The van der Waals surface area contributed by atoms with Crippen LogP contribution >= 0.6 is 0 Å². The molecule has 4 rings (SSSR count). The molecule has 0 fully saturated rings. The number of aryl methyl sites for hydroxylation is 2. The fourth-order valence-corrected chi connectivity index (χ4v) is 4.66. The van der Waals surface area contributed by atoms with E-state index in [4.69, 9.17) is 5.10 Å². The number of carbonyl (C=O) groups is 2. The van der Waals surface area contributed by atoms with Crippen molar-refractivity contribution in [2.24, 2.45) is 0 Å². The molecule has 6 heteroatoms. The quantitative estimate of drug-likeness (QED) is 0.516. The molecule has 1 N–H and O–H groups in total. The van der Waals surface area contributed by atoms with Gasteiger partial charge in [0.1, 0.15) is 6.04 Å². The number of benzene rings is 2. The molecule has 34 heavy (non-hydrogen) atoms. The molecule has 2 aromatic carbocycles. The maximum atomic E-state index is 13.5. The minimum absolute atomic E-state index is 0.0342. The Labute approximate surface area is 200 Å². The largest absolute Gasteiger partial charge is 0.324 e. The molecule has 0 unspecified atom stereocenters. The predicted molar refractivity (Wildman–Crippen MR) is 134 cm³/mol. The SMILES string of the molecule is CC[C@@H](C(=O)Nc1ccc(C(C)=O)cc1)n1nc(-c2cc(C)ccc2C)c2c(c1=O)CCCC2. The van der Waals surface area contributed by atoms with Gasteiger partial charge in [-0.15, -0.1) is 0 Å². The Kier molecular flexibility index (Phi) is 6.77. The number of Topliss-reactive ketones (excluding diaryl/α,β-unsaturated/α-hetero) is 1. The third-order valence-electron chi connectivity index (χ3n) is 6.62. The predicted octanol–water partition coefficient (Wildman–Crippen LogP) is 5.20. The highest BCUT2D eigenvalue weighted by Crippen LogP contribution is 2.31. The van der Waals surface area contributed by atoms with E-state index in [2.05, 4.69) is 30.4 Å². The van der Waals surface area contributed by atoms with E-state index in [1.54, 1.807) is 24.3 Å². The van der Waals surface area contributed by atoms with Crippen LogP contribution in [-0.2, 0) is 17.6 Å². The maximum Gasteiger partial charge on any atom is 0.271 e. The molecule has 1 amide bonds. The monoisotopic (exact) mass is 457 g/mol. The number of amides is 1. The van der Waals surface area contributed by atoms with E-state index >= 15 is 0 Å². The van der Waals surface area contributed by atoms with Crippen LogP contribution in [0.4, 0.5) is 5.69 Å². The highest BCUT2D eigenvalue weighted by molar-refractivity contribution is 5.96. The van der Waals surface area contributed by atoms with Crippen LogP contribution in [0, 0.1) is 13.8 Å². The summed E-state index contributed by atoms with van der Waals surface area (Å²) in [4.78, 5) is 38.3. The average Bonchev–Trinajstić information content (AvgIpc) is 2.83. The van der Waals surface area contributed by atoms with Crippen LogP contribution in [0.5, 0.6) is 0 Å². The van der Waals surface area contributed by atoms with E-state index in [-0.39, 0.29) is 17.2 Å². The van der Waals surface area contributed by atoms with Gasteiger partial charge in [-0.05, 0) is 94.3 Å². The van der Waals surface area contributed by atoms with Crippen molar-refractivity contribution < 1.29 is 9.59 Å². The van der Waals surface area contributed by atoms with Gasteiger partial charge in [-0.1, -0.05) is 24.6 Å². The summed E-state index contributed by atoms with van der Waals surface area (Å²) in [5.74, 6) is -0.330. The lowest BCUT2D eigenvalue weighted by Crippen LogP contribution is -2.38. The molecule has 6 nitrogen and oxygen atoms in total. The van der Waals surface area contributed by atoms with Gasteiger partial charge in [-0.25, -0.2) is 4.68 Å². The second-order valence-electron chi connectivity index (χ2n) is 9.13. The van der Waals surface area contributed by atoms with Gasteiger partial charge in [0.2, 0.25) is 5.91 Å². The van der Waals surface area contributed by atoms with Gasteiger partial charge in [-0.3, -0.25) is 14.4 Å². The summed E-state index contributed by atoms with van der Waals surface area (Å²) in [5.41, 5.74) is 6.85. The molecular formula is C28H31N3O3. The van der Waals surface area contributed by atoms with Crippen molar-refractivity contribution in [2.75, 3.05) is 5.32 Å². The van der Waals surface area contributed by atoms with Gasteiger partial charge in [0.25, 0.3) is 5.56 Å². The van der Waals surface area contributed by atoms with Crippen LogP contribution in [0.25, 0.3) is 11.3 Å². The van der Waals surface area contributed by atoms with Crippen molar-refractivity contribution in [3.63, 3.8) is 0 Å². The van der Waals surface area contributed by atoms with E-state index < -0.39 is 6.04 Å². The Balaban J connectivity index is 1.77. The lowest BCUT2D eigenvalue weighted by Gasteiger charge is -2.24. The molecule has 1 aromatic heterocycles. The number of hydrogen-bond donors (Lipinski definition) is 1. The Morgan fingerprint density at radius 2 is 1.71 bits per heavy atom. The molecule has 1 heterocycles. The van der Waals surface area contributed by atoms with Crippen molar-refractivity contribution in [3.8, 4) is 11.3 Å². The Morgan fingerprint density at radius 1 is 1.03 bits per heavy atom. The van der Waals surface area contributed by atoms with Gasteiger partial charge < -0.3 is 5.32 Å². The number of rotatable bonds is 6. The zero-order valence-corrected chi connectivity index (χ0v) is 20.3. The fourth-order valence-electron chi connectivity index (χ4n) is 4.66. The topological polar surface area (TPSA) is 81.1 Å². The molecule has 176 valence electrons. The number of aromatic nitrogens is 2. The van der Waals surface area contributed by atoms with Crippen LogP contribution in [0.15, 0.2) is 47.3 Å². The van der Waals surface area contributed by atoms with Crippen molar-refractivity contribution in [1.82, 2.24) is 9.78 Å². The summed E-state index contributed by atoms with van der Waals surface area (Å²) >= 11 is 0. The van der Waals surface area contributed by atoms with Crippen LogP contribution in [-0.4, -0.2) is 21.5 Å². The second kappa shape index (κ2) is 9.75. The van der Waals surface area contributed by atoms with E-state index in [1.165, 1.54) is 11.6 Å². The Bertz CT molecular complexity index is 1310. The number of carbonyl (C=O) groups excluding carboxylic acids is 2. The molecule has 0 spiro atoms. The average molecular weight is 458 g/mol. The highest BCUT2D eigenvalue weighted by Gasteiger charge is 2.27. The number of ketones is 1. The summed E-state index contributed by atoms with van der Waals surface area (Å²) in [7, 11) is 0. The van der Waals surface area contributed by atoms with Gasteiger partial charge in [0.05, 0.1) is 5.69 Å². The Hall–Kier alpha value is -3.54. The summed E-state index contributed by atoms with van der Waals surface area (Å²) < 4.78 is 1.39. The summed E-state index contributed by atoms with van der Waals surface area (Å²) in [5, 5.41) is 7.72. The van der Waals surface area contributed by atoms with Gasteiger partial charge in [0, 0.05) is 22.4 Å². The lowest BCUT2D eigenvalue weighted by molar-refractivity contribution is -0.119. The molecule has 0 saturated heterocycles. The van der Waals surface area contributed by atoms with Crippen molar-refractivity contribution >= 4 is 17.4 Å². The number of hydrogen-bond acceptors (Lipinski definition) is 4. The first kappa shape index (κ1) is 23.6. The van der Waals surface area contributed by atoms with Crippen LogP contribution < -0.4 is 10.9 Å². The molecule has 0 bridgehead atoms. The lowest BCUT2D eigenvalue weighted by atomic mass is 9.88. The first-order valence-electron chi connectivity index (χ1n) is 11.9. The Morgan fingerprint density at radius 3 is 2.35 bits per heavy atom. The van der Waals surface area contributed by atoms with E-state index in [0.717, 1.165) is 52.8 Å². The number of nitrogens with one attached hydrogen (secondary N) is 1. The molecule has 1 atom stereocenters. The molecule has 1 aliphatic carbocycles. The van der Waals surface area contributed by atoms with Crippen LogP contribution in [0.1, 0.15) is 71.8 Å². The van der Waals surface area contributed by atoms with Crippen molar-refractivity contribution in [2.45, 2.75) is 65.8 Å². The van der Waals surface area contributed by atoms with Gasteiger partial charge >= 0.3 is 0 Å². The number of nitrogens with zero attached hydrogens (tertiary/aromatic N) is 2. The fraction of sp³-hybridized carbons (Fsp3) is 0.357. The zero-order valence-electron chi connectivity index (χ0n) is 20.3. The third-order valence-corrected chi connectivity index (χ3v) is 6.62. The van der Waals surface area contributed by atoms with Crippen molar-refractivity contribution in [1.29, 1.82) is 0 Å². The minimum atomic E-state index is -0.740. The number of fused-ring (bicyclic) bond motifs is 1. The zero-order chi connectivity index (χ0) is 24.4. The molecule has 1 aliphatic rings. The normalized spacial score (nSPS) is 13.8. The first-order valence-corrected chi connectivity index (χ1v) is 11.9. The van der Waals surface area contributed by atoms with Crippen LogP contribution in [0.2, 0.25) is 0 Å². The van der Waals surface area contributed by atoms with Gasteiger partial charge in [0.15, 0.2) is 5.78 Å². The smallest absolute Gasteiger partial charge is 0.271 e. The standard InChI is InChI=1S/C28H31N3O3/c1-5-25(27(33)29-21-14-12-20(13-15-21)19(4)32)31-28(34)23-9-7-6-8-22(23)26(30-31)24-16-17(2)10-11-18(24)3/h10-16,25H,5-9H2,1-4H3,(H,29,33)/t25-/m0/s1. The molecular weight excluding hydrogens is 426 g/mol. The van der Waals surface area contributed by atoms with Gasteiger partial charge in [-0.2, -0.15) is 5.10 Å². The van der Waals surface area contributed by atoms with E-state index in [9.17, 15) is 14.4 Å². The van der Waals surface area contributed by atoms with Crippen molar-refractivity contribution in [3.05, 3.63) is 80.6 Å². The first-order chi connectivity index (χ1) is 16.3.